The van der Waals surface area contributed by atoms with Crippen LogP contribution in [-0.4, -0.2) is 75.0 Å². The first-order valence-corrected chi connectivity index (χ1v) is 39.9. The van der Waals surface area contributed by atoms with Gasteiger partial charge in [0.05, 0.1) is 11.9 Å². The van der Waals surface area contributed by atoms with Gasteiger partial charge in [-0.15, -0.1) is 0 Å². The summed E-state index contributed by atoms with van der Waals surface area (Å²) in [7, 11) is -1.63. The quantitative estimate of drug-likeness (QED) is 0.0551. The fourth-order valence-electron chi connectivity index (χ4n) is 9.33. The third-order valence-electron chi connectivity index (χ3n) is 15.8. The van der Waals surface area contributed by atoms with E-state index in [9.17, 15) is 21.8 Å². The Balaban J connectivity index is 0.000000374. The summed E-state index contributed by atoms with van der Waals surface area (Å²) in [5, 5.41) is 8.70. The van der Waals surface area contributed by atoms with Gasteiger partial charge in [0.25, 0.3) is 0 Å². The smallest absolute Gasteiger partial charge is 0.396 e. The van der Waals surface area contributed by atoms with Crippen LogP contribution in [0.4, 0.5) is 0 Å². The van der Waals surface area contributed by atoms with E-state index >= 15 is 0 Å². The van der Waals surface area contributed by atoms with E-state index in [-0.39, 0.29) is 24.1 Å². The zero-order valence-electron chi connectivity index (χ0n) is 60.6. The highest BCUT2D eigenvalue weighted by Crippen LogP contribution is 2.49. The summed E-state index contributed by atoms with van der Waals surface area (Å²) in [5.74, 6) is 4.71. The fourth-order valence-corrected chi connectivity index (χ4v) is 12.4. The van der Waals surface area contributed by atoms with Gasteiger partial charge in [0.1, 0.15) is 0 Å². The molecule has 0 saturated heterocycles. The molecular formula is C79H117N2O9P2S2+. The number of aliphatic hydroxyl groups is 1. The molecule has 4 N–H and O–H groups in total. The van der Waals surface area contributed by atoms with Gasteiger partial charge in [0.2, 0.25) is 6.16 Å². The molecule has 15 heteroatoms. The standard InChI is InChI=1S/C12H17N.C12H19N.C12H19O3P.C11H16O2S.C11H16OS.C11H16O.C10H13O2P/c1-9(2)10-3-5-11(6-4-10)12(13)7-8-12;1-10(2)12-7-5-11(6-8-12)9-13(3)4;1-10(2)12-7-5-11(6-8-12)9-16(13,14-3)15-4;1-9(2)11-6-4-10(5-7-11)8-14(3,12)13;1-9(2)11-6-4-10(5-7-11)8-13(3)12;1-9(2)11-5-3-10(4-6-11)7-8-12;1-8(2)10-5-3-9(4-6-10)7-13(11)12/h3-6,9H,7-8,13H2,1-2H3;5-8,10H,9H2,1-4H3;5-8,10H,9H2,1-4H3;4-7,9H,8H2,1-3H3;4-7,9H,8H2,1-3H3;3-6,9,12H,7-8H2,1-2H3;3-6,8H,7H2,1-2H3/p+1. The molecule has 1 saturated carbocycles. The Kier molecular flexibility index (Phi) is 38.9. The van der Waals surface area contributed by atoms with Crippen LogP contribution in [-0.2, 0) is 81.1 Å². The van der Waals surface area contributed by atoms with E-state index in [1.807, 2.05) is 60.7 Å². The van der Waals surface area contributed by atoms with Gasteiger partial charge < -0.3 is 24.8 Å². The Bertz CT molecular complexity index is 3330. The van der Waals surface area contributed by atoms with Crippen molar-refractivity contribution in [3.63, 3.8) is 0 Å². The Morgan fingerprint density at radius 3 is 1.06 bits per heavy atom. The fraction of sp³-hybridized carbons (Fsp3) is 0.468. The third kappa shape index (κ3) is 35.1. The van der Waals surface area contributed by atoms with Gasteiger partial charge in [-0.25, -0.2) is 8.42 Å². The van der Waals surface area contributed by atoms with Crippen LogP contribution < -0.4 is 5.73 Å². The molecule has 1 aliphatic rings. The first-order chi connectivity index (χ1) is 44.0. The van der Waals surface area contributed by atoms with E-state index in [0.29, 0.717) is 53.3 Å². The lowest BCUT2D eigenvalue weighted by Gasteiger charge is -2.14. The van der Waals surface area contributed by atoms with E-state index in [4.69, 9.17) is 24.8 Å². The Morgan fingerprint density at radius 2 is 0.798 bits per heavy atom. The van der Waals surface area contributed by atoms with Crippen molar-refractivity contribution >= 4 is 36.3 Å². The van der Waals surface area contributed by atoms with Gasteiger partial charge in [-0.2, -0.15) is 4.89 Å². The molecule has 2 atom stereocenters. The van der Waals surface area contributed by atoms with E-state index in [1.165, 1.54) is 76.1 Å². The van der Waals surface area contributed by atoms with Crippen molar-refractivity contribution in [3.05, 3.63) is 248 Å². The van der Waals surface area contributed by atoms with Gasteiger partial charge >= 0.3 is 15.6 Å². The minimum Gasteiger partial charge on any atom is -0.396 e. The first kappa shape index (κ1) is 84.8. The normalized spacial score (nSPS) is 12.9. The van der Waals surface area contributed by atoms with Gasteiger partial charge in [0, 0.05) is 67.5 Å². The maximum atomic E-state index is 11.9. The molecule has 0 bridgehead atoms. The molecule has 94 heavy (non-hydrogen) atoms. The van der Waals surface area contributed by atoms with Crippen LogP contribution in [0.2, 0.25) is 0 Å². The predicted molar refractivity (Wildman–Crippen MR) is 402 cm³/mol. The maximum Gasteiger partial charge on any atom is 0.510 e. The minimum atomic E-state index is -2.94. The van der Waals surface area contributed by atoms with Crippen molar-refractivity contribution in [1.29, 1.82) is 0 Å². The summed E-state index contributed by atoms with van der Waals surface area (Å²) in [6, 6.07) is 58.1. The molecule has 0 radical (unpaired) electrons. The summed E-state index contributed by atoms with van der Waals surface area (Å²) in [4.78, 5) is 10.9. The molecule has 1 aliphatic carbocycles. The average Bonchev–Trinajstić information content (AvgIpc) is 1.67. The molecule has 7 aromatic rings. The summed E-state index contributed by atoms with van der Waals surface area (Å²) in [6.07, 6.45) is 6.62. The van der Waals surface area contributed by atoms with Crippen LogP contribution in [0.1, 0.15) is 229 Å². The average molecular weight is 1360 g/mol. The molecule has 2 unspecified atom stereocenters. The molecule has 0 spiro atoms. The number of sulfone groups is 1. The molecule has 0 heterocycles. The van der Waals surface area contributed by atoms with Crippen LogP contribution in [0.5, 0.6) is 0 Å². The predicted octanol–water partition coefficient (Wildman–Crippen LogP) is 19.9. The number of aliphatic hydroxyl groups excluding tert-OH is 1. The van der Waals surface area contributed by atoms with E-state index in [1.54, 1.807) is 6.26 Å². The molecular weight excluding hydrogens is 1250 g/mol. The lowest BCUT2D eigenvalue weighted by atomic mass is 9.98. The minimum absolute atomic E-state index is 0.0233. The second-order valence-electron chi connectivity index (χ2n) is 27.0. The largest absolute Gasteiger partial charge is 0.510 e. The van der Waals surface area contributed by atoms with Crippen molar-refractivity contribution in [2.75, 3.05) is 47.4 Å². The number of nitrogens with zero attached hydrogens (tertiary/aromatic N) is 1. The maximum absolute atomic E-state index is 11.9. The van der Waals surface area contributed by atoms with Crippen molar-refractivity contribution in [2.45, 2.75) is 194 Å². The Morgan fingerprint density at radius 1 is 0.511 bits per heavy atom. The molecule has 8 rings (SSSR count). The molecule has 0 aromatic heterocycles. The van der Waals surface area contributed by atoms with E-state index < -0.39 is 36.3 Å². The summed E-state index contributed by atoms with van der Waals surface area (Å²) in [6.45, 7) is 31.6. The molecule has 1 fully saturated rings. The van der Waals surface area contributed by atoms with E-state index in [2.05, 4.69) is 225 Å². The first-order valence-electron chi connectivity index (χ1n) is 33.0. The highest BCUT2D eigenvalue weighted by molar-refractivity contribution is 7.89. The number of rotatable bonds is 22. The van der Waals surface area contributed by atoms with E-state index in [0.717, 1.165) is 48.1 Å². The van der Waals surface area contributed by atoms with Gasteiger partial charge in [0.15, 0.2) is 9.84 Å². The molecule has 518 valence electrons. The van der Waals surface area contributed by atoms with Crippen molar-refractivity contribution in [2.24, 2.45) is 5.73 Å². The lowest BCUT2D eigenvalue weighted by Crippen LogP contribution is -2.18. The molecule has 0 aliphatic heterocycles. The zero-order chi connectivity index (χ0) is 70.9. The topological polar surface area (TPSA) is 174 Å². The second kappa shape index (κ2) is 43.1. The van der Waals surface area contributed by atoms with Crippen LogP contribution in [0, 0.1) is 0 Å². The summed E-state index contributed by atoms with van der Waals surface area (Å²) in [5.41, 5.74) is 23.2. The summed E-state index contributed by atoms with van der Waals surface area (Å²) >= 11 is 0. The van der Waals surface area contributed by atoms with Crippen molar-refractivity contribution in [1.82, 2.24) is 4.90 Å². The molecule has 0 amide bonds. The Labute approximate surface area is 572 Å². The van der Waals surface area contributed by atoms with Crippen LogP contribution in [0.15, 0.2) is 170 Å². The second-order valence-corrected chi connectivity index (χ2v) is 33.8. The zero-order valence-corrected chi connectivity index (χ0v) is 64.0. The summed E-state index contributed by atoms with van der Waals surface area (Å²) < 4.78 is 65.2. The van der Waals surface area contributed by atoms with Gasteiger partial charge in [-0.3, -0.25) is 8.77 Å². The Hall–Kier alpha value is -5.27. The van der Waals surface area contributed by atoms with Crippen LogP contribution in [0.25, 0.3) is 0 Å². The monoisotopic (exact) mass is 1360 g/mol. The van der Waals surface area contributed by atoms with Gasteiger partial charge in [-0.05, 0) is 152 Å². The molecule has 11 nitrogen and oxygen atoms in total. The van der Waals surface area contributed by atoms with Crippen molar-refractivity contribution < 1.29 is 40.8 Å². The lowest BCUT2D eigenvalue weighted by molar-refractivity contribution is 0.274. The highest BCUT2D eigenvalue weighted by atomic mass is 32.2. The van der Waals surface area contributed by atoms with Crippen molar-refractivity contribution in [3.8, 4) is 0 Å². The number of hydrogen-bond acceptors (Lipinski definition) is 10. The third-order valence-corrected chi connectivity index (χ3v) is 19.9. The number of hydrogen-bond donors (Lipinski definition) is 3. The number of nitrogens with two attached hydrogens (primary N) is 1. The molecule has 7 aromatic carbocycles. The SMILES string of the molecule is CC(C)c1ccc(C2(N)CC2)cc1.CC(C)c1ccc(CCO)cc1.CC(C)c1ccc(CN(C)C)cc1.CC(C)c1ccc(CS(C)(=O)=O)cc1.CC(C)c1ccc(CS(C)=O)cc1.CC(C)c1ccc(C[P+](=O)O)cc1.COP(=O)(Cc1ccc(C(C)C)cc1)OC. The van der Waals surface area contributed by atoms with Gasteiger partial charge in [-0.1, -0.05) is 267 Å². The van der Waals surface area contributed by atoms with Crippen LogP contribution >= 0.6 is 15.6 Å². The van der Waals surface area contributed by atoms with Crippen LogP contribution in [0.3, 0.4) is 0 Å². The highest BCUT2D eigenvalue weighted by Gasteiger charge is 2.39. The number of benzene rings is 7.